The van der Waals surface area contributed by atoms with E-state index in [0.717, 1.165) is 0 Å². The zero-order valence-electron chi connectivity index (χ0n) is 13.4. The van der Waals surface area contributed by atoms with E-state index in [1.165, 1.54) is 0 Å². The highest BCUT2D eigenvalue weighted by Gasteiger charge is 2.14. The smallest absolute Gasteiger partial charge is 0.252 e. The number of benzene rings is 1. The van der Waals surface area contributed by atoms with Gasteiger partial charge >= 0.3 is 0 Å². The molecular weight excluding hydrogens is 341 g/mol. The Kier molecular flexibility index (Phi) is 10.6. The van der Waals surface area contributed by atoms with Gasteiger partial charge in [-0.15, -0.1) is 12.4 Å². The molecular formula is C15H23Cl2N3O3. The molecule has 6 nitrogen and oxygen atoms in total. The van der Waals surface area contributed by atoms with E-state index in [1.54, 1.807) is 32.4 Å². The summed E-state index contributed by atoms with van der Waals surface area (Å²) in [4.78, 5) is 23.8. The van der Waals surface area contributed by atoms with E-state index < -0.39 is 0 Å². The van der Waals surface area contributed by atoms with Gasteiger partial charge in [-0.05, 0) is 25.2 Å². The number of carbonyl (C=O) groups is 2. The number of rotatable bonds is 8. The van der Waals surface area contributed by atoms with Crippen LogP contribution in [-0.2, 0) is 9.53 Å². The molecule has 0 aliphatic carbocycles. The third-order valence-electron chi connectivity index (χ3n) is 3.03. The lowest BCUT2D eigenvalue weighted by Gasteiger charge is -2.13. The Morgan fingerprint density at radius 1 is 1.35 bits per heavy atom. The molecule has 0 aliphatic rings. The highest BCUT2D eigenvalue weighted by atomic mass is 35.5. The molecule has 0 saturated heterocycles. The molecule has 0 heterocycles. The summed E-state index contributed by atoms with van der Waals surface area (Å²) in [7, 11) is 3.35. The minimum absolute atomic E-state index is 0. The molecule has 0 aromatic heterocycles. The van der Waals surface area contributed by atoms with Gasteiger partial charge in [0.05, 0.1) is 17.2 Å². The third-order valence-corrected chi connectivity index (χ3v) is 3.34. The fraction of sp³-hybridized carbons (Fsp3) is 0.467. The number of hydrogen-bond donors (Lipinski definition) is 3. The topological polar surface area (TPSA) is 79.5 Å². The van der Waals surface area contributed by atoms with Crippen LogP contribution in [0, 0.1) is 5.92 Å². The van der Waals surface area contributed by atoms with E-state index in [0.29, 0.717) is 30.9 Å². The van der Waals surface area contributed by atoms with Crippen LogP contribution in [0.25, 0.3) is 0 Å². The molecule has 0 saturated carbocycles. The Balaban J connectivity index is 0.00000484. The van der Waals surface area contributed by atoms with E-state index in [2.05, 4.69) is 16.0 Å². The molecule has 3 N–H and O–H groups in total. The first-order valence-electron chi connectivity index (χ1n) is 7.01. The second-order valence-corrected chi connectivity index (χ2v) is 5.30. The first-order chi connectivity index (χ1) is 10.5. The van der Waals surface area contributed by atoms with E-state index in [4.69, 9.17) is 16.3 Å². The number of halogens is 2. The normalized spacial score (nSPS) is 11.3. The van der Waals surface area contributed by atoms with Gasteiger partial charge in [-0.3, -0.25) is 9.59 Å². The molecule has 1 atom stereocenters. The van der Waals surface area contributed by atoms with E-state index in [9.17, 15) is 9.59 Å². The number of carbonyl (C=O) groups excluding carboxylic acids is 2. The first-order valence-corrected chi connectivity index (χ1v) is 7.39. The Hall–Kier alpha value is -1.34. The minimum atomic E-state index is -0.275. The third kappa shape index (κ3) is 7.18. The highest BCUT2D eigenvalue weighted by Crippen LogP contribution is 2.21. The highest BCUT2D eigenvalue weighted by molar-refractivity contribution is 6.34. The van der Waals surface area contributed by atoms with Crippen molar-refractivity contribution >= 4 is 41.5 Å². The average molecular weight is 364 g/mol. The maximum Gasteiger partial charge on any atom is 0.252 e. The summed E-state index contributed by atoms with van der Waals surface area (Å²) < 4.78 is 4.86. The predicted molar refractivity (Wildman–Crippen MR) is 94.6 cm³/mol. The SMILES string of the molecule is CNCC(C)C(=O)Nc1ccc(C(=O)NCCOC)c(Cl)c1.Cl. The van der Waals surface area contributed by atoms with Crippen LogP contribution in [0.3, 0.4) is 0 Å². The van der Waals surface area contributed by atoms with Gasteiger partial charge in [0.1, 0.15) is 0 Å². The molecule has 0 radical (unpaired) electrons. The molecule has 8 heteroatoms. The Morgan fingerprint density at radius 2 is 2.04 bits per heavy atom. The van der Waals surface area contributed by atoms with Gasteiger partial charge in [-0.2, -0.15) is 0 Å². The van der Waals surface area contributed by atoms with Crippen molar-refractivity contribution in [2.75, 3.05) is 39.2 Å². The lowest BCUT2D eigenvalue weighted by Crippen LogP contribution is -2.29. The van der Waals surface area contributed by atoms with Gasteiger partial charge in [-0.25, -0.2) is 0 Å². The lowest BCUT2D eigenvalue weighted by molar-refractivity contribution is -0.119. The summed E-state index contributed by atoms with van der Waals surface area (Å²) in [6.45, 7) is 3.25. The van der Waals surface area contributed by atoms with Crippen LogP contribution in [-0.4, -0.2) is 45.7 Å². The van der Waals surface area contributed by atoms with Crippen molar-refractivity contribution in [2.45, 2.75) is 6.92 Å². The molecule has 2 amide bonds. The van der Waals surface area contributed by atoms with Crippen molar-refractivity contribution < 1.29 is 14.3 Å². The van der Waals surface area contributed by atoms with Crippen LogP contribution in [0.4, 0.5) is 5.69 Å². The first kappa shape index (κ1) is 21.7. The molecule has 0 bridgehead atoms. The molecule has 0 spiro atoms. The number of methoxy groups -OCH3 is 1. The molecule has 1 aromatic carbocycles. The predicted octanol–water partition coefficient (Wildman–Crippen LogP) is 1.93. The fourth-order valence-electron chi connectivity index (χ4n) is 1.80. The summed E-state index contributed by atoms with van der Waals surface area (Å²) in [6, 6.07) is 4.81. The number of anilines is 1. The van der Waals surface area contributed by atoms with Crippen molar-refractivity contribution in [1.82, 2.24) is 10.6 Å². The van der Waals surface area contributed by atoms with Gasteiger partial charge in [-0.1, -0.05) is 18.5 Å². The van der Waals surface area contributed by atoms with Crippen LogP contribution in [0.1, 0.15) is 17.3 Å². The van der Waals surface area contributed by atoms with Crippen molar-refractivity contribution in [3.8, 4) is 0 Å². The zero-order valence-corrected chi connectivity index (χ0v) is 15.0. The summed E-state index contributed by atoms with van der Waals surface area (Å²) in [6.07, 6.45) is 0. The molecule has 1 unspecified atom stereocenters. The zero-order chi connectivity index (χ0) is 16.5. The molecule has 1 aromatic rings. The van der Waals surface area contributed by atoms with Crippen LogP contribution in [0.2, 0.25) is 5.02 Å². The summed E-state index contributed by atoms with van der Waals surface area (Å²) in [5.41, 5.74) is 0.922. The standard InChI is InChI=1S/C15H22ClN3O3.ClH/c1-10(9-17-2)14(20)19-11-4-5-12(13(16)8-11)15(21)18-6-7-22-3;/h4-5,8,10,17H,6-7,9H2,1-3H3,(H,18,21)(H,19,20);1H. The average Bonchev–Trinajstić information content (AvgIpc) is 2.47. The summed E-state index contributed by atoms with van der Waals surface area (Å²) >= 11 is 6.11. The fourth-order valence-corrected chi connectivity index (χ4v) is 2.07. The van der Waals surface area contributed by atoms with Crippen molar-refractivity contribution in [3.63, 3.8) is 0 Å². The van der Waals surface area contributed by atoms with E-state index in [1.807, 2.05) is 6.92 Å². The maximum atomic E-state index is 11.9. The number of amides is 2. The van der Waals surface area contributed by atoms with Gasteiger partial charge in [0.15, 0.2) is 0 Å². The van der Waals surface area contributed by atoms with E-state index in [-0.39, 0.29) is 35.2 Å². The van der Waals surface area contributed by atoms with Crippen LogP contribution in [0.15, 0.2) is 18.2 Å². The molecule has 0 aliphatic heterocycles. The van der Waals surface area contributed by atoms with E-state index >= 15 is 0 Å². The summed E-state index contributed by atoms with van der Waals surface area (Å²) in [5, 5.41) is 8.69. The Morgan fingerprint density at radius 3 is 2.61 bits per heavy atom. The van der Waals surface area contributed by atoms with Crippen molar-refractivity contribution in [2.24, 2.45) is 5.92 Å². The van der Waals surface area contributed by atoms with Crippen molar-refractivity contribution in [3.05, 3.63) is 28.8 Å². The molecule has 1 rings (SSSR count). The van der Waals surface area contributed by atoms with Crippen LogP contribution in [0.5, 0.6) is 0 Å². The quantitative estimate of drug-likeness (QED) is 0.616. The van der Waals surface area contributed by atoms with Crippen LogP contribution < -0.4 is 16.0 Å². The van der Waals surface area contributed by atoms with Gasteiger partial charge in [0.25, 0.3) is 5.91 Å². The number of ether oxygens (including phenoxy) is 1. The molecule has 130 valence electrons. The molecule has 23 heavy (non-hydrogen) atoms. The van der Waals surface area contributed by atoms with Gasteiger partial charge < -0.3 is 20.7 Å². The number of nitrogens with one attached hydrogen (secondary N) is 3. The van der Waals surface area contributed by atoms with Crippen LogP contribution >= 0.6 is 24.0 Å². The Labute approximate surface area is 147 Å². The second-order valence-electron chi connectivity index (χ2n) is 4.89. The van der Waals surface area contributed by atoms with Crippen molar-refractivity contribution in [1.29, 1.82) is 0 Å². The molecule has 0 fully saturated rings. The lowest BCUT2D eigenvalue weighted by atomic mass is 10.1. The largest absolute Gasteiger partial charge is 0.383 e. The minimum Gasteiger partial charge on any atom is -0.383 e. The second kappa shape index (κ2) is 11.2. The maximum absolute atomic E-state index is 11.9. The Bertz CT molecular complexity index is 527. The monoisotopic (exact) mass is 363 g/mol. The van der Waals surface area contributed by atoms with Gasteiger partial charge in [0, 0.05) is 31.8 Å². The number of hydrogen-bond acceptors (Lipinski definition) is 4. The summed E-state index contributed by atoms with van der Waals surface area (Å²) in [5.74, 6) is -0.549. The van der Waals surface area contributed by atoms with Gasteiger partial charge in [0.2, 0.25) is 5.91 Å².